The smallest absolute Gasteiger partial charge is 0.102 e. The van der Waals surface area contributed by atoms with Crippen LogP contribution < -0.4 is 5.32 Å². The average molecular weight is 164 g/mol. The van der Waals surface area contributed by atoms with Crippen LogP contribution in [0.3, 0.4) is 0 Å². The van der Waals surface area contributed by atoms with Crippen molar-refractivity contribution in [1.82, 2.24) is 10.2 Å². The van der Waals surface area contributed by atoms with Crippen LogP contribution in [-0.2, 0) is 0 Å². The van der Waals surface area contributed by atoms with Gasteiger partial charge < -0.3 is 5.32 Å². The first-order valence-corrected chi connectivity index (χ1v) is 4.32. The second-order valence-corrected chi connectivity index (χ2v) is 2.43. The fourth-order valence-corrected chi connectivity index (χ4v) is 1.05. The van der Waals surface area contributed by atoms with Crippen LogP contribution in [0.4, 0.5) is 4.39 Å². The number of hydrogen-bond donors (Lipinski definition) is 1. The number of nitrogens with one attached hydrogen (secondary N) is 1. The molecule has 1 aliphatic heterocycles. The normalized spacial score (nSPS) is 18.5. The highest BCUT2D eigenvalue weighted by atomic mass is 19.1. The predicted molar refractivity (Wildman–Crippen MR) is 48.7 cm³/mol. The third kappa shape index (κ3) is 3.68. The molecule has 0 unspecified atom stereocenters. The fourth-order valence-electron chi connectivity index (χ4n) is 1.05. The monoisotopic (exact) mass is 164 g/mol. The van der Waals surface area contributed by atoms with Crippen LogP contribution in [0.5, 0.6) is 0 Å². The highest BCUT2D eigenvalue weighted by Crippen LogP contribution is 2.05. The lowest BCUT2D eigenvalue weighted by molar-refractivity contribution is 0.122. The van der Waals surface area contributed by atoms with E-state index in [9.17, 15) is 4.39 Å². The molecule has 1 fully saturated rings. The summed E-state index contributed by atoms with van der Waals surface area (Å²) in [5.74, 6) is 0. The minimum Gasteiger partial charge on any atom is -0.315 e. The third-order valence-corrected chi connectivity index (χ3v) is 1.77. The topological polar surface area (TPSA) is 15.3 Å². The summed E-state index contributed by atoms with van der Waals surface area (Å²) in [6.07, 6.45) is 0. The Morgan fingerprint density at radius 1 is 1.55 bits per heavy atom. The van der Waals surface area contributed by atoms with E-state index in [1.165, 1.54) is 0 Å². The largest absolute Gasteiger partial charge is 0.315 e. The molecule has 0 amide bonds. The number of alkyl halides is 1. The van der Waals surface area contributed by atoms with Gasteiger partial charge in [-0.15, -0.1) is 0 Å². The van der Waals surface area contributed by atoms with Gasteiger partial charge in [0.2, 0.25) is 0 Å². The Morgan fingerprint density at radius 2 is 2.09 bits per heavy atom. The Hall–Kier alpha value is -0.150. The quantitative estimate of drug-likeness (QED) is 0.672. The highest BCUT2D eigenvalue weighted by molar-refractivity contribution is 4.83. The van der Waals surface area contributed by atoms with Gasteiger partial charge in [-0.25, -0.2) is 4.39 Å². The molecule has 0 saturated carbocycles. The number of rotatable bonds is 3. The lowest BCUT2D eigenvalue weighted by Crippen LogP contribution is -2.57. The second kappa shape index (κ2) is 6.55. The van der Waals surface area contributed by atoms with Gasteiger partial charge in [0.25, 0.3) is 0 Å². The van der Waals surface area contributed by atoms with Gasteiger partial charge >= 0.3 is 0 Å². The van der Waals surface area contributed by atoms with Gasteiger partial charge in [0.05, 0.1) is 0 Å². The first-order valence-electron chi connectivity index (χ1n) is 4.32. The zero-order valence-corrected chi connectivity index (χ0v) is 7.73. The molecule has 0 spiro atoms. The van der Waals surface area contributed by atoms with Gasteiger partial charge in [0.15, 0.2) is 0 Å². The van der Waals surface area contributed by atoms with Gasteiger partial charge in [-0.05, 0) is 7.05 Å². The number of hydrogen-bond acceptors (Lipinski definition) is 2. The summed E-state index contributed by atoms with van der Waals surface area (Å²) in [6, 6.07) is 0.608. The first kappa shape index (κ1) is 10.8. The fraction of sp³-hybridized carbons (Fsp3) is 1.00. The molecule has 0 aromatic heterocycles. The van der Waals surface area contributed by atoms with Crippen LogP contribution in [0.1, 0.15) is 15.3 Å². The highest BCUT2D eigenvalue weighted by Gasteiger charge is 2.23. The minimum atomic E-state index is -0.212. The Morgan fingerprint density at radius 3 is 2.45 bits per heavy atom. The SMILES string of the molecule is CC.CNC1CN(CCF)C1.[HH]. The second-order valence-electron chi connectivity index (χ2n) is 2.43. The van der Waals surface area contributed by atoms with Gasteiger partial charge in [-0.1, -0.05) is 13.8 Å². The van der Waals surface area contributed by atoms with Crippen molar-refractivity contribution in [2.24, 2.45) is 0 Å². The molecule has 1 saturated heterocycles. The molecule has 0 radical (unpaired) electrons. The molecule has 1 aliphatic rings. The Kier molecular flexibility index (Phi) is 6.46. The Balaban J connectivity index is 0. The molecular formula is C8H21FN2. The lowest BCUT2D eigenvalue weighted by atomic mass is 10.1. The summed E-state index contributed by atoms with van der Waals surface area (Å²) in [5, 5.41) is 3.13. The molecule has 0 bridgehead atoms. The van der Waals surface area contributed by atoms with E-state index in [1.54, 1.807) is 0 Å². The molecule has 0 atom stereocenters. The maximum absolute atomic E-state index is 11.6. The summed E-state index contributed by atoms with van der Waals surface area (Å²) in [6.45, 7) is 6.43. The average Bonchev–Trinajstić information content (AvgIpc) is 2.00. The standard InChI is InChI=1S/C6H13FN2.C2H6.H2/c1-8-6-4-9(5-6)3-2-7;1-2;/h6,8H,2-5H2,1H3;1-2H3;1H. The van der Waals surface area contributed by atoms with Crippen LogP contribution >= 0.6 is 0 Å². The molecule has 1 N–H and O–H groups in total. The molecule has 0 aromatic carbocycles. The maximum Gasteiger partial charge on any atom is 0.102 e. The van der Waals surface area contributed by atoms with Crippen molar-refractivity contribution >= 4 is 0 Å². The van der Waals surface area contributed by atoms with Gasteiger partial charge in [0, 0.05) is 27.1 Å². The van der Waals surface area contributed by atoms with Crippen molar-refractivity contribution in [3.8, 4) is 0 Å². The number of likely N-dealkylation sites (N-methyl/N-ethyl adjacent to an activating group) is 1. The van der Waals surface area contributed by atoms with E-state index >= 15 is 0 Å². The van der Waals surface area contributed by atoms with Crippen LogP contribution in [0.2, 0.25) is 0 Å². The van der Waals surface area contributed by atoms with Gasteiger partial charge in [0.1, 0.15) is 6.67 Å². The third-order valence-electron chi connectivity index (χ3n) is 1.77. The molecular weight excluding hydrogens is 143 g/mol. The lowest BCUT2D eigenvalue weighted by Gasteiger charge is -2.38. The molecule has 11 heavy (non-hydrogen) atoms. The van der Waals surface area contributed by atoms with Crippen molar-refractivity contribution in [2.45, 2.75) is 19.9 Å². The van der Waals surface area contributed by atoms with Gasteiger partial charge in [-0.2, -0.15) is 0 Å². The molecule has 3 heteroatoms. The van der Waals surface area contributed by atoms with E-state index in [-0.39, 0.29) is 8.10 Å². The molecule has 0 aromatic rings. The van der Waals surface area contributed by atoms with Crippen LogP contribution in [0.15, 0.2) is 0 Å². The van der Waals surface area contributed by atoms with Crippen LogP contribution in [0.25, 0.3) is 0 Å². The van der Waals surface area contributed by atoms with E-state index in [4.69, 9.17) is 0 Å². The zero-order valence-electron chi connectivity index (χ0n) is 7.73. The minimum absolute atomic E-state index is 0. The molecule has 2 nitrogen and oxygen atoms in total. The summed E-state index contributed by atoms with van der Waals surface area (Å²) in [7, 11) is 1.94. The summed E-state index contributed by atoms with van der Waals surface area (Å²) in [4.78, 5) is 2.10. The maximum atomic E-state index is 11.6. The van der Waals surface area contributed by atoms with E-state index < -0.39 is 0 Å². The van der Waals surface area contributed by atoms with Crippen LogP contribution in [-0.4, -0.2) is 44.3 Å². The van der Waals surface area contributed by atoms with E-state index in [1.807, 2.05) is 20.9 Å². The summed E-state index contributed by atoms with van der Waals surface area (Å²) < 4.78 is 11.6. The summed E-state index contributed by atoms with van der Waals surface area (Å²) in [5.41, 5.74) is 0. The van der Waals surface area contributed by atoms with Crippen molar-refractivity contribution < 1.29 is 5.82 Å². The van der Waals surface area contributed by atoms with Crippen molar-refractivity contribution in [1.29, 1.82) is 0 Å². The van der Waals surface area contributed by atoms with Crippen molar-refractivity contribution in [3.05, 3.63) is 0 Å². The van der Waals surface area contributed by atoms with Crippen molar-refractivity contribution in [3.63, 3.8) is 0 Å². The Bertz CT molecular complexity index is 87.1. The number of nitrogens with zero attached hydrogens (tertiary/aromatic N) is 1. The molecule has 70 valence electrons. The van der Waals surface area contributed by atoms with E-state index in [2.05, 4.69) is 10.2 Å². The van der Waals surface area contributed by atoms with Crippen LogP contribution in [0, 0.1) is 0 Å². The predicted octanol–water partition coefficient (Wildman–Crippen LogP) is 1.13. The number of halogens is 1. The Labute approximate surface area is 70.3 Å². The molecule has 0 aliphatic carbocycles. The first-order chi connectivity index (χ1) is 5.36. The number of likely N-dealkylation sites (tertiary alicyclic amines) is 1. The zero-order chi connectivity index (χ0) is 8.69. The van der Waals surface area contributed by atoms with Gasteiger partial charge in [-0.3, -0.25) is 4.90 Å². The van der Waals surface area contributed by atoms with Crippen molar-refractivity contribution in [2.75, 3.05) is 33.4 Å². The molecule has 1 heterocycles. The van der Waals surface area contributed by atoms with E-state index in [0.29, 0.717) is 12.6 Å². The molecule has 1 rings (SSSR count). The van der Waals surface area contributed by atoms with E-state index in [0.717, 1.165) is 13.1 Å². The summed E-state index contributed by atoms with van der Waals surface area (Å²) >= 11 is 0.